The number of hydrogen-bond donors (Lipinski definition) is 2. The molecule has 0 fully saturated rings. The quantitative estimate of drug-likeness (QED) is 0.509. The maximum absolute atomic E-state index is 13.0. The van der Waals surface area contributed by atoms with Crippen LogP contribution in [-0.4, -0.2) is 25.9 Å². The Balaban J connectivity index is 1.88. The summed E-state index contributed by atoms with van der Waals surface area (Å²) in [6, 6.07) is 23.8. The highest BCUT2D eigenvalue weighted by Gasteiger charge is 2.15. The summed E-state index contributed by atoms with van der Waals surface area (Å²) in [6.45, 7) is 0. The van der Waals surface area contributed by atoms with Crippen LogP contribution < -0.4 is 15.5 Å². The van der Waals surface area contributed by atoms with Gasteiger partial charge in [-0.1, -0.05) is 52.3 Å². The van der Waals surface area contributed by atoms with E-state index in [4.69, 9.17) is 0 Å². The third kappa shape index (κ3) is 5.81. The Morgan fingerprint density at radius 2 is 1.60 bits per heavy atom. The number of benzene rings is 3. The largest absolute Gasteiger partial charge is 0.378 e. The summed E-state index contributed by atoms with van der Waals surface area (Å²) in [5.74, 6) is -0.759. The fourth-order valence-corrected chi connectivity index (χ4v) is 3.14. The van der Waals surface area contributed by atoms with Crippen LogP contribution >= 0.6 is 15.9 Å². The number of hydrogen-bond acceptors (Lipinski definition) is 3. The molecule has 2 N–H and O–H groups in total. The maximum atomic E-state index is 13.0. The number of nitrogens with zero attached hydrogens (tertiary/aromatic N) is 1. The van der Waals surface area contributed by atoms with E-state index in [1.165, 1.54) is 0 Å². The first-order chi connectivity index (χ1) is 14.4. The zero-order chi connectivity index (χ0) is 21.5. The number of anilines is 2. The van der Waals surface area contributed by atoms with Gasteiger partial charge in [0.15, 0.2) is 0 Å². The first kappa shape index (κ1) is 21.3. The van der Waals surface area contributed by atoms with Crippen molar-refractivity contribution in [2.75, 3.05) is 24.3 Å². The normalized spacial score (nSPS) is 11.0. The summed E-state index contributed by atoms with van der Waals surface area (Å²) in [7, 11) is 3.92. The van der Waals surface area contributed by atoms with Crippen molar-refractivity contribution in [1.29, 1.82) is 0 Å². The smallest absolute Gasteiger partial charge is 0.272 e. The van der Waals surface area contributed by atoms with Gasteiger partial charge in [-0.25, -0.2) is 0 Å². The van der Waals surface area contributed by atoms with Crippen molar-refractivity contribution in [3.63, 3.8) is 0 Å². The van der Waals surface area contributed by atoms with Gasteiger partial charge in [0, 0.05) is 35.5 Å². The number of nitrogens with one attached hydrogen (secondary N) is 2. The third-order valence-electron chi connectivity index (χ3n) is 4.33. The molecule has 0 aromatic heterocycles. The van der Waals surface area contributed by atoms with E-state index in [9.17, 15) is 9.59 Å². The van der Waals surface area contributed by atoms with Gasteiger partial charge < -0.3 is 15.5 Å². The van der Waals surface area contributed by atoms with Crippen molar-refractivity contribution in [2.45, 2.75) is 0 Å². The molecule has 0 saturated carbocycles. The van der Waals surface area contributed by atoms with Gasteiger partial charge in [-0.3, -0.25) is 9.59 Å². The molecular weight excluding hydrogens is 442 g/mol. The van der Waals surface area contributed by atoms with Gasteiger partial charge in [0.1, 0.15) is 5.70 Å². The molecule has 6 heteroatoms. The summed E-state index contributed by atoms with van der Waals surface area (Å²) < 4.78 is 0.846. The summed E-state index contributed by atoms with van der Waals surface area (Å²) >= 11 is 3.39. The van der Waals surface area contributed by atoms with Gasteiger partial charge in [-0.05, 0) is 54.1 Å². The molecule has 0 spiro atoms. The molecule has 0 radical (unpaired) electrons. The van der Waals surface area contributed by atoms with E-state index in [2.05, 4.69) is 26.6 Å². The monoisotopic (exact) mass is 463 g/mol. The zero-order valence-electron chi connectivity index (χ0n) is 16.7. The van der Waals surface area contributed by atoms with Gasteiger partial charge in [-0.15, -0.1) is 0 Å². The van der Waals surface area contributed by atoms with E-state index in [-0.39, 0.29) is 11.6 Å². The summed E-state index contributed by atoms with van der Waals surface area (Å²) in [4.78, 5) is 27.6. The second-order valence-electron chi connectivity index (χ2n) is 6.83. The molecule has 30 heavy (non-hydrogen) atoms. The second-order valence-corrected chi connectivity index (χ2v) is 7.74. The van der Waals surface area contributed by atoms with Crippen LogP contribution in [0.1, 0.15) is 15.9 Å². The molecular formula is C24H22BrN3O2. The minimum atomic E-state index is -0.408. The molecule has 0 bridgehead atoms. The van der Waals surface area contributed by atoms with Crippen molar-refractivity contribution < 1.29 is 9.59 Å². The maximum Gasteiger partial charge on any atom is 0.272 e. The summed E-state index contributed by atoms with van der Waals surface area (Å²) in [5.41, 5.74) is 3.09. The van der Waals surface area contributed by atoms with E-state index in [1.807, 2.05) is 61.5 Å². The van der Waals surface area contributed by atoms with E-state index in [1.54, 1.807) is 42.5 Å². The van der Waals surface area contributed by atoms with Crippen LogP contribution in [0.4, 0.5) is 11.4 Å². The van der Waals surface area contributed by atoms with Crippen LogP contribution in [0.25, 0.3) is 6.08 Å². The van der Waals surface area contributed by atoms with E-state index in [0.717, 1.165) is 15.7 Å². The van der Waals surface area contributed by atoms with E-state index < -0.39 is 5.91 Å². The molecule has 0 heterocycles. The minimum absolute atomic E-state index is 0.154. The van der Waals surface area contributed by atoms with Crippen molar-refractivity contribution in [2.24, 2.45) is 0 Å². The number of carbonyl (C=O) groups is 2. The Morgan fingerprint density at radius 3 is 2.23 bits per heavy atom. The van der Waals surface area contributed by atoms with Gasteiger partial charge in [-0.2, -0.15) is 0 Å². The molecule has 0 atom stereocenters. The highest BCUT2D eigenvalue weighted by atomic mass is 79.9. The van der Waals surface area contributed by atoms with Crippen LogP contribution in [0.3, 0.4) is 0 Å². The molecule has 3 aromatic carbocycles. The van der Waals surface area contributed by atoms with Crippen molar-refractivity contribution in [3.8, 4) is 0 Å². The number of carbonyl (C=O) groups excluding carboxylic acids is 2. The van der Waals surface area contributed by atoms with Gasteiger partial charge >= 0.3 is 0 Å². The lowest BCUT2D eigenvalue weighted by atomic mass is 10.1. The van der Waals surface area contributed by atoms with Crippen molar-refractivity contribution in [1.82, 2.24) is 5.32 Å². The lowest BCUT2D eigenvalue weighted by molar-refractivity contribution is -0.113. The topological polar surface area (TPSA) is 61.4 Å². The van der Waals surface area contributed by atoms with Crippen molar-refractivity contribution >= 4 is 45.2 Å². The van der Waals surface area contributed by atoms with Crippen LogP contribution in [0, 0.1) is 0 Å². The van der Waals surface area contributed by atoms with Crippen LogP contribution in [-0.2, 0) is 4.79 Å². The molecule has 0 unspecified atom stereocenters. The highest BCUT2D eigenvalue weighted by Crippen LogP contribution is 2.18. The molecule has 0 aliphatic heterocycles. The fourth-order valence-electron chi connectivity index (χ4n) is 2.74. The first-order valence-electron chi connectivity index (χ1n) is 9.35. The van der Waals surface area contributed by atoms with Crippen LogP contribution in [0.15, 0.2) is 89.0 Å². The lowest BCUT2D eigenvalue weighted by Crippen LogP contribution is -2.30. The minimum Gasteiger partial charge on any atom is -0.378 e. The molecule has 2 amide bonds. The average Bonchev–Trinajstić information content (AvgIpc) is 2.74. The van der Waals surface area contributed by atoms with Gasteiger partial charge in [0.25, 0.3) is 11.8 Å². The number of rotatable bonds is 6. The SMILES string of the molecule is CN(C)c1ccc(C=C(NC(=O)c2ccccc2)C(=O)Nc2cccc(Br)c2)cc1. The Hall–Kier alpha value is -3.38. The first-order valence-corrected chi connectivity index (χ1v) is 10.1. The third-order valence-corrected chi connectivity index (χ3v) is 4.83. The average molecular weight is 464 g/mol. The Bertz CT molecular complexity index is 1060. The zero-order valence-corrected chi connectivity index (χ0v) is 18.3. The van der Waals surface area contributed by atoms with Crippen molar-refractivity contribution in [3.05, 3.63) is 100 Å². The second kappa shape index (κ2) is 9.89. The van der Waals surface area contributed by atoms with Crippen LogP contribution in [0.5, 0.6) is 0 Å². The predicted molar refractivity (Wildman–Crippen MR) is 125 cm³/mol. The molecule has 3 aromatic rings. The lowest BCUT2D eigenvalue weighted by Gasteiger charge is -2.13. The van der Waals surface area contributed by atoms with Gasteiger partial charge in [0.2, 0.25) is 0 Å². The molecule has 152 valence electrons. The summed E-state index contributed by atoms with van der Waals surface area (Å²) in [5, 5.41) is 5.57. The summed E-state index contributed by atoms with van der Waals surface area (Å²) in [6.07, 6.45) is 1.66. The van der Waals surface area contributed by atoms with E-state index >= 15 is 0 Å². The van der Waals surface area contributed by atoms with Crippen LogP contribution in [0.2, 0.25) is 0 Å². The Labute approximate surface area is 184 Å². The Morgan fingerprint density at radius 1 is 0.900 bits per heavy atom. The molecule has 0 aliphatic carbocycles. The standard InChI is InChI=1S/C24H22BrN3O2/c1-28(2)21-13-11-17(12-14-21)15-22(27-23(29)18-7-4-3-5-8-18)24(30)26-20-10-6-9-19(25)16-20/h3-16H,1-2H3,(H,26,30)(H,27,29). The predicted octanol–water partition coefficient (Wildman–Crippen LogP) is 4.92. The molecule has 0 saturated heterocycles. The fraction of sp³-hybridized carbons (Fsp3) is 0.0833. The van der Waals surface area contributed by atoms with E-state index in [0.29, 0.717) is 11.3 Å². The molecule has 5 nitrogen and oxygen atoms in total. The number of amides is 2. The highest BCUT2D eigenvalue weighted by molar-refractivity contribution is 9.10. The molecule has 0 aliphatic rings. The molecule has 3 rings (SSSR count). The Kier molecular flexibility index (Phi) is 7.03. The number of halogens is 1. The van der Waals surface area contributed by atoms with Gasteiger partial charge in [0.05, 0.1) is 0 Å².